The number of rotatable bonds is 25. The van der Waals surface area contributed by atoms with Gasteiger partial charge in [0, 0.05) is 66.3 Å². The summed E-state index contributed by atoms with van der Waals surface area (Å²) < 4.78 is 31.8. The van der Waals surface area contributed by atoms with Gasteiger partial charge >= 0.3 is 11.4 Å². The molecule has 0 bridgehead atoms. The quantitative estimate of drug-likeness (QED) is 0.0502. The Balaban J connectivity index is 0.000000224. The second-order valence-corrected chi connectivity index (χ2v) is 56.6. The molecule has 2 aromatic heterocycles. The zero-order valence-corrected chi connectivity index (χ0v) is 74.1. The normalized spacial score (nSPS) is 32.1. The van der Waals surface area contributed by atoms with E-state index in [0.29, 0.717) is 73.5 Å². The minimum absolute atomic E-state index is 0.0901. The van der Waals surface area contributed by atoms with E-state index in [1.54, 1.807) is 17.2 Å². The number of aromatic nitrogens is 4. The Morgan fingerprint density at radius 2 is 0.800 bits per heavy atom. The molecule has 5 fully saturated rings. The molecule has 0 aromatic carbocycles. The number of aliphatic hydroxyl groups is 9. The lowest BCUT2D eigenvalue weighted by molar-refractivity contribution is -0.124. The lowest BCUT2D eigenvalue weighted by atomic mass is 9.90. The molecule has 10 rings (SSSR count). The van der Waals surface area contributed by atoms with Crippen LogP contribution in [-0.4, -0.2) is 329 Å². The molecule has 2 aromatic rings. The van der Waals surface area contributed by atoms with E-state index >= 15 is 0 Å². The van der Waals surface area contributed by atoms with Gasteiger partial charge in [0.15, 0.2) is 24.9 Å². The number of carbonyl (C=O) groups excluding carboxylic acids is 3. The first-order chi connectivity index (χ1) is 52.8. The van der Waals surface area contributed by atoms with Crippen molar-refractivity contribution in [2.24, 2.45) is 5.92 Å². The molecule has 0 aliphatic carbocycles. The van der Waals surface area contributed by atoms with Crippen molar-refractivity contribution in [2.75, 3.05) is 97.5 Å². The topological polar surface area (TPSA) is 435 Å². The number of hydrogen-bond donors (Lipinski definition) is 14. The smallest absolute Gasteiger partial charge is 0.330 e. The first kappa shape index (κ1) is 98.1. The number of carbonyl (C=O) groups is 3. The molecular formula is C79H131N10O21P5. The lowest BCUT2D eigenvalue weighted by Gasteiger charge is -2.37. The molecule has 0 radical (unpaired) electrons. The molecule has 648 valence electrons. The van der Waals surface area contributed by atoms with Crippen LogP contribution in [0.1, 0.15) is 103 Å². The van der Waals surface area contributed by atoms with Gasteiger partial charge in [0.05, 0.1) is 36.1 Å². The van der Waals surface area contributed by atoms with Crippen molar-refractivity contribution in [3.05, 3.63) is 152 Å². The van der Waals surface area contributed by atoms with E-state index in [4.69, 9.17) is 23.7 Å². The van der Waals surface area contributed by atoms with Crippen LogP contribution in [0.15, 0.2) is 118 Å². The predicted molar refractivity (Wildman–Crippen MR) is 468 cm³/mol. The van der Waals surface area contributed by atoms with Gasteiger partial charge in [0.25, 0.3) is 28.8 Å². The first-order valence-corrected chi connectivity index (χ1v) is 53.7. The number of nitrogens with one attached hydrogen (secondary N) is 5. The number of aryl methyl sites for hydroxylation is 2. The molecule has 115 heavy (non-hydrogen) atoms. The molecule has 0 spiro atoms. The maximum atomic E-state index is 12.1. The summed E-state index contributed by atoms with van der Waals surface area (Å²) in [5.74, 6) is 0.266. The van der Waals surface area contributed by atoms with Crippen LogP contribution in [0.5, 0.6) is 0 Å². The number of aliphatic hydroxyl groups excluding tert-OH is 7. The fourth-order valence-corrected chi connectivity index (χ4v) is 18.8. The Labute approximate surface area is 676 Å². The van der Waals surface area contributed by atoms with Gasteiger partial charge in [-0.3, -0.25) is 43.1 Å². The van der Waals surface area contributed by atoms with E-state index in [9.17, 15) is 79.5 Å². The SMILES string of the molecule is C=C1NC(=O)C=CN1[C@@H]1O[C@H](CCP(=C)(C)C)[C@@H](O)[C@@]1(C)O.C=C1NC(=O)C=CN1[C@@H]1O[C@H](CCP(=C)(C)C)[C@@H](O)[C@]1(C)O.C=C1NC(=O)C=CN1[C@@H]1O[C@](C)(CCP(=C)(C)C)[C@@H](O)[C@H]1C.C=CCCc1cn([C@@H]2O[C@H](CCP(=C)(C)C)[C@@H](O)[C@H]2O)c(=O)[nH]c1=O.C=P(C)(C)CC[C@H]1O[C@@H](n2cc(CCC)c(=O)[nH]c2=O)[C@H](O)[C@@H]1O. The third kappa shape index (κ3) is 26.6. The molecule has 3 amide bonds. The maximum Gasteiger partial charge on any atom is 0.330 e. The summed E-state index contributed by atoms with van der Waals surface area (Å²) in [5, 5.41) is 102. The highest BCUT2D eigenvalue weighted by Gasteiger charge is 2.57. The number of hydrogen-bond acceptors (Lipinski definition) is 24. The Hall–Kier alpha value is -5.71. The highest BCUT2D eigenvalue weighted by molar-refractivity contribution is 7.73. The van der Waals surface area contributed by atoms with Gasteiger partial charge in [-0.25, -0.2) is 9.59 Å². The van der Waals surface area contributed by atoms with E-state index < -0.39 is 166 Å². The Kier molecular flexibility index (Phi) is 33.8. The lowest BCUT2D eigenvalue weighted by Crippen LogP contribution is -2.53. The van der Waals surface area contributed by atoms with Crippen molar-refractivity contribution in [2.45, 2.75) is 207 Å². The van der Waals surface area contributed by atoms with E-state index in [-0.39, 0.29) is 29.9 Å². The van der Waals surface area contributed by atoms with Crippen LogP contribution in [0.3, 0.4) is 0 Å². The molecule has 0 unspecified atom stereocenters. The molecule has 5 saturated heterocycles. The maximum absolute atomic E-state index is 12.1. The molecule has 31 nitrogen and oxygen atoms in total. The van der Waals surface area contributed by atoms with Crippen LogP contribution in [0.4, 0.5) is 0 Å². The third-order valence-electron chi connectivity index (χ3n) is 20.9. The summed E-state index contributed by atoms with van der Waals surface area (Å²) in [6, 6.07) is 0. The first-order valence-electron chi connectivity index (χ1n) is 38.4. The van der Waals surface area contributed by atoms with Crippen molar-refractivity contribution in [3.63, 3.8) is 0 Å². The van der Waals surface area contributed by atoms with Crippen LogP contribution < -0.4 is 38.4 Å². The number of amides is 3. The highest BCUT2D eigenvalue weighted by atomic mass is 31.2. The van der Waals surface area contributed by atoms with Gasteiger partial charge in [-0.05, 0) is 170 Å². The van der Waals surface area contributed by atoms with Crippen molar-refractivity contribution >= 4 is 83.6 Å². The average molecular weight is 1710 g/mol. The molecule has 8 aliphatic rings. The van der Waals surface area contributed by atoms with Gasteiger partial charge in [-0.1, -0.05) is 46.1 Å². The monoisotopic (exact) mass is 1710 g/mol. The summed E-state index contributed by atoms with van der Waals surface area (Å²) in [5.41, 5.74) is -4.89. The van der Waals surface area contributed by atoms with Crippen LogP contribution in [0, 0.1) is 5.92 Å². The van der Waals surface area contributed by atoms with E-state index in [0.717, 1.165) is 48.2 Å². The summed E-state index contributed by atoms with van der Waals surface area (Å²) in [4.78, 5) is 91.2. The van der Waals surface area contributed by atoms with Crippen molar-refractivity contribution in [1.82, 2.24) is 49.8 Å². The zero-order valence-electron chi connectivity index (χ0n) is 69.7. The largest absolute Gasteiger partial charge is 0.390 e. The highest BCUT2D eigenvalue weighted by Crippen LogP contribution is 2.47. The van der Waals surface area contributed by atoms with E-state index in [2.05, 4.69) is 150 Å². The number of allylic oxidation sites excluding steroid dienone is 1. The average Bonchev–Trinajstić information content (AvgIpc) is 1.35. The van der Waals surface area contributed by atoms with Crippen molar-refractivity contribution in [3.8, 4) is 0 Å². The summed E-state index contributed by atoms with van der Waals surface area (Å²) >= 11 is 0. The van der Waals surface area contributed by atoms with Crippen LogP contribution in [0.2, 0.25) is 0 Å². The van der Waals surface area contributed by atoms with Crippen LogP contribution in [0.25, 0.3) is 0 Å². The van der Waals surface area contributed by atoms with Gasteiger partial charge < -0.3 is 100 Å². The molecular weight excluding hydrogens is 1580 g/mol. The Bertz CT molecular complexity index is 4340. The summed E-state index contributed by atoms with van der Waals surface area (Å²) in [6.07, 6.45) is 30.6. The fraction of sp³-hybridized carbons (Fsp3) is 0.620. The van der Waals surface area contributed by atoms with Gasteiger partial charge in [-0.2, -0.15) is 0 Å². The minimum Gasteiger partial charge on any atom is -0.390 e. The minimum atomic E-state index is -1.47. The standard InChI is InChI=1S/C17H27N2O5P.C16H27N2O5P.C16H27N2O3P.2C15H25N2O4P/c1-5-6-7-11-10-19(17(23)18-15(11)22)16-14(21)13(20)12(24-16)8-9-25(2,3)4;1-5-6-10-9-18(16(22)17-14(10)21)15-13(20)12(19)11(23-15)7-8-24(2,3)4;1-11-14(20)16(3,8-10-22(4,5)6)21-15(11)18-9-7-13(19)17-12(18)2;2*1-10-16-12(18)6-8-17(10)14-15(2,20)13(19)11(21-14)7-9-22(3,4)5/h5,10,12-14,16,20-21H,1-2,6-9H2,3-4H3,(H,18,22,23);9,11-13,15,19-20H,2,5-8H2,1,3-4H3,(H,17,21,22);7,9,11,14-15,20H,2,4,8,10H2,1,3,5-6H3,(H,17,19);2*6,8,11,13-14,19-20H,1,3,7,9H2,2,4-5H3,(H,16,18)/t12-,13-,14-,16-;11-,12-,13-,15-;11-,14+,15-,16-;11-,13-,14-,15+;11-,13-,14-,15-/m11111/s1. The zero-order chi connectivity index (χ0) is 87.0. The van der Waals surface area contributed by atoms with Crippen LogP contribution in [-0.2, 0) is 50.9 Å². The summed E-state index contributed by atoms with van der Waals surface area (Å²) in [6.45, 7) is 38.9. The molecule has 20 atom stereocenters. The second kappa shape index (κ2) is 39.7. The van der Waals surface area contributed by atoms with Crippen molar-refractivity contribution < 1.29 is 84.0 Å². The molecule has 0 saturated carbocycles. The number of aromatic amines is 2. The summed E-state index contributed by atoms with van der Waals surface area (Å²) in [7, 11) is 0. The Morgan fingerprint density at radius 3 is 1.12 bits per heavy atom. The van der Waals surface area contributed by atoms with Gasteiger partial charge in [0.2, 0.25) is 0 Å². The molecule has 8 aliphatic heterocycles. The van der Waals surface area contributed by atoms with Gasteiger partial charge in [0.1, 0.15) is 71.5 Å². The number of nitrogens with zero attached hydrogens (tertiary/aromatic N) is 5. The molecule has 14 N–H and O–H groups in total. The second-order valence-electron chi connectivity index (χ2n) is 35.0. The predicted octanol–water partition coefficient (Wildman–Crippen LogP) is 2.87. The number of ether oxygens (including phenoxy) is 5. The van der Waals surface area contributed by atoms with E-state index in [1.165, 1.54) is 71.2 Å². The third-order valence-corrected chi connectivity index (χ3v) is 28.2. The van der Waals surface area contributed by atoms with Crippen molar-refractivity contribution in [1.29, 1.82) is 0 Å². The number of H-pyrrole nitrogens is 2. The Morgan fingerprint density at radius 1 is 0.470 bits per heavy atom. The van der Waals surface area contributed by atoms with E-state index in [1.807, 2.05) is 20.8 Å². The van der Waals surface area contributed by atoms with Gasteiger partial charge in [-0.15, -0.1) is 72.5 Å². The molecule has 10 heterocycles. The fourth-order valence-electron chi connectivity index (χ4n) is 13.9. The van der Waals surface area contributed by atoms with Crippen LogP contribution >= 0.6 is 34.4 Å². The molecule has 36 heteroatoms.